The van der Waals surface area contributed by atoms with Gasteiger partial charge in [0.25, 0.3) is 0 Å². The van der Waals surface area contributed by atoms with Crippen LogP contribution in [0, 0.1) is 0 Å². The van der Waals surface area contributed by atoms with Gasteiger partial charge in [-0.1, -0.05) is 48.1 Å². The summed E-state index contributed by atoms with van der Waals surface area (Å²) in [5, 5.41) is 20.2. The van der Waals surface area contributed by atoms with Gasteiger partial charge in [0, 0.05) is 5.56 Å². The third-order valence-electron chi connectivity index (χ3n) is 4.37. The van der Waals surface area contributed by atoms with E-state index in [1.807, 2.05) is 31.2 Å². The molecule has 4 heteroatoms. The second-order valence-corrected chi connectivity index (χ2v) is 6.56. The number of methoxy groups -OCH3 is 1. The van der Waals surface area contributed by atoms with Gasteiger partial charge in [-0.3, -0.25) is 0 Å². The van der Waals surface area contributed by atoms with E-state index in [1.54, 1.807) is 12.1 Å². The molecule has 4 nitrogen and oxygen atoms in total. The minimum Gasteiger partial charge on any atom is -0.507 e. The van der Waals surface area contributed by atoms with E-state index in [0.717, 1.165) is 18.4 Å². The molecule has 0 fully saturated rings. The predicted octanol–water partition coefficient (Wildman–Crippen LogP) is 5.25. The second-order valence-electron chi connectivity index (χ2n) is 6.56. The van der Waals surface area contributed by atoms with Crippen LogP contribution in [0.4, 0.5) is 0 Å². The lowest BCUT2D eigenvalue weighted by atomic mass is 9.96. The maximum Gasteiger partial charge on any atom is 0.340 e. The minimum atomic E-state index is -1.16. The van der Waals surface area contributed by atoms with Crippen LogP contribution in [-0.4, -0.2) is 23.3 Å². The smallest absolute Gasteiger partial charge is 0.340 e. The highest BCUT2D eigenvalue weighted by molar-refractivity contribution is 5.96. The Morgan fingerprint density at radius 3 is 2.52 bits per heavy atom. The summed E-state index contributed by atoms with van der Waals surface area (Å²) in [6, 6.07) is 11.8. The average molecular weight is 366 g/mol. The molecule has 0 bridgehead atoms. The molecule has 0 aliphatic rings. The average Bonchev–Trinajstić information content (AvgIpc) is 2.64. The molecule has 0 heterocycles. The van der Waals surface area contributed by atoms with Crippen molar-refractivity contribution in [2.45, 2.75) is 32.6 Å². The first-order chi connectivity index (χ1) is 12.9. The van der Waals surface area contributed by atoms with Crippen LogP contribution < -0.4 is 4.74 Å². The molecule has 27 heavy (non-hydrogen) atoms. The number of phenols is 1. The topological polar surface area (TPSA) is 66.8 Å². The number of carboxylic acid groups (broad SMARTS) is 1. The van der Waals surface area contributed by atoms with Gasteiger partial charge >= 0.3 is 5.97 Å². The molecular weight excluding hydrogens is 340 g/mol. The van der Waals surface area contributed by atoms with Crippen LogP contribution in [-0.2, 0) is 12.8 Å². The molecule has 0 amide bonds. The molecular formula is C23H26O4. The van der Waals surface area contributed by atoms with Crippen LogP contribution in [0.2, 0.25) is 0 Å². The Morgan fingerprint density at radius 2 is 1.93 bits per heavy atom. The third-order valence-corrected chi connectivity index (χ3v) is 4.37. The molecule has 0 aliphatic carbocycles. The van der Waals surface area contributed by atoms with E-state index in [1.165, 1.54) is 12.7 Å². The van der Waals surface area contributed by atoms with E-state index in [2.05, 4.69) is 18.7 Å². The number of aromatic hydroxyl groups is 1. The van der Waals surface area contributed by atoms with Crippen molar-refractivity contribution in [3.8, 4) is 11.5 Å². The summed E-state index contributed by atoms with van der Waals surface area (Å²) in [7, 11) is 1.52. The normalized spacial score (nSPS) is 10.9. The number of aryl methyl sites for hydroxylation is 1. The van der Waals surface area contributed by atoms with E-state index < -0.39 is 5.97 Å². The van der Waals surface area contributed by atoms with E-state index in [4.69, 9.17) is 4.74 Å². The lowest BCUT2D eigenvalue weighted by molar-refractivity contribution is 0.0693. The highest BCUT2D eigenvalue weighted by Gasteiger charge is 2.21. The summed E-state index contributed by atoms with van der Waals surface area (Å²) >= 11 is 0. The Morgan fingerprint density at radius 1 is 1.22 bits per heavy atom. The summed E-state index contributed by atoms with van der Waals surface area (Å²) in [5.41, 5.74) is 3.01. The molecule has 0 atom stereocenters. The lowest BCUT2D eigenvalue weighted by Gasteiger charge is -2.15. The van der Waals surface area contributed by atoms with Crippen molar-refractivity contribution in [2.24, 2.45) is 0 Å². The Labute approximate surface area is 160 Å². The standard InChI is InChI=1S/C23H26O4/c1-16(2)13-14-19-20(27-3)15-18(21(22(19)24)23(25)26)12-8-7-11-17-9-5-4-6-10-17/h4-6,8-10,12,15,24H,1,7,11,13-14H2,2-3H3,(H,25,26)/b12-8+. The molecule has 0 unspecified atom stereocenters. The zero-order valence-corrected chi connectivity index (χ0v) is 15.9. The molecule has 0 radical (unpaired) electrons. The van der Waals surface area contributed by atoms with E-state index in [0.29, 0.717) is 29.7 Å². The SMILES string of the molecule is C=C(C)CCc1c(OC)cc(/C=C/CCc2ccccc2)c(C(=O)O)c1O. The molecule has 2 rings (SSSR count). The number of hydrogen-bond donors (Lipinski definition) is 2. The summed E-state index contributed by atoms with van der Waals surface area (Å²) in [5.74, 6) is -0.901. The summed E-state index contributed by atoms with van der Waals surface area (Å²) in [6.07, 6.45) is 6.40. The summed E-state index contributed by atoms with van der Waals surface area (Å²) in [4.78, 5) is 11.7. The fraction of sp³-hybridized carbons (Fsp3) is 0.261. The molecule has 0 saturated heterocycles. The van der Waals surface area contributed by atoms with Gasteiger partial charge in [0.15, 0.2) is 0 Å². The van der Waals surface area contributed by atoms with Crippen LogP contribution in [0.15, 0.2) is 54.6 Å². The van der Waals surface area contributed by atoms with Crippen molar-refractivity contribution in [2.75, 3.05) is 7.11 Å². The zero-order valence-electron chi connectivity index (χ0n) is 15.9. The van der Waals surface area contributed by atoms with Crippen molar-refractivity contribution in [1.82, 2.24) is 0 Å². The van der Waals surface area contributed by atoms with Gasteiger partial charge in [0.1, 0.15) is 17.1 Å². The number of carbonyl (C=O) groups is 1. The molecule has 0 spiro atoms. The fourth-order valence-electron chi connectivity index (χ4n) is 2.93. The van der Waals surface area contributed by atoms with Crippen LogP contribution in [0.5, 0.6) is 11.5 Å². The maximum absolute atomic E-state index is 11.7. The molecule has 2 aromatic carbocycles. The van der Waals surface area contributed by atoms with Gasteiger partial charge in [-0.25, -0.2) is 4.79 Å². The van der Waals surface area contributed by atoms with Crippen molar-refractivity contribution in [1.29, 1.82) is 0 Å². The Kier molecular flexibility index (Phi) is 7.24. The number of carboxylic acids is 1. The van der Waals surface area contributed by atoms with E-state index in [9.17, 15) is 15.0 Å². The molecule has 0 aromatic heterocycles. The molecule has 0 aliphatic heterocycles. The first kappa shape index (κ1) is 20.3. The summed E-state index contributed by atoms with van der Waals surface area (Å²) < 4.78 is 5.39. The number of benzene rings is 2. The minimum absolute atomic E-state index is 0.0940. The van der Waals surface area contributed by atoms with Crippen molar-refractivity contribution in [3.05, 3.63) is 76.9 Å². The number of ether oxygens (including phenoxy) is 1. The monoisotopic (exact) mass is 366 g/mol. The highest BCUT2D eigenvalue weighted by atomic mass is 16.5. The van der Waals surface area contributed by atoms with Crippen molar-refractivity contribution < 1.29 is 19.7 Å². The van der Waals surface area contributed by atoms with E-state index in [-0.39, 0.29) is 11.3 Å². The largest absolute Gasteiger partial charge is 0.507 e. The third kappa shape index (κ3) is 5.48. The van der Waals surface area contributed by atoms with Gasteiger partial charge in [-0.05, 0) is 49.8 Å². The maximum atomic E-state index is 11.7. The number of aromatic carboxylic acids is 1. The first-order valence-corrected chi connectivity index (χ1v) is 8.95. The number of rotatable bonds is 9. The number of allylic oxidation sites excluding steroid dienone is 2. The zero-order chi connectivity index (χ0) is 19.8. The predicted molar refractivity (Wildman–Crippen MR) is 109 cm³/mol. The first-order valence-electron chi connectivity index (χ1n) is 8.95. The van der Waals surface area contributed by atoms with Crippen LogP contribution >= 0.6 is 0 Å². The van der Waals surface area contributed by atoms with Crippen molar-refractivity contribution >= 4 is 12.0 Å². The molecule has 0 saturated carbocycles. The van der Waals surface area contributed by atoms with Gasteiger partial charge in [0.05, 0.1) is 7.11 Å². The quantitative estimate of drug-likeness (QED) is 0.595. The Balaban J connectivity index is 2.28. The van der Waals surface area contributed by atoms with Crippen molar-refractivity contribution in [3.63, 3.8) is 0 Å². The van der Waals surface area contributed by atoms with Gasteiger partial charge < -0.3 is 14.9 Å². The summed E-state index contributed by atoms with van der Waals surface area (Å²) in [6.45, 7) is 5.75. The molecule has 2 N–H and O–H groups in total. The van der Waals surface area contributed by atoms with E-state index >= 15 is 0 Å². The lowest BCUT2D eigenvalue weighted by Crippen LogP contribution is -2.05. The fourth-order valence-corrected chi connectivity index (χ4v) is 2.93. The van der Waals surface area contributed by atoms with Gasteiger partial charge in [-0.2, -0.15) is 0 Å². The number of hydrogen-bond acceptors (Lipinski definition) is 3. The molecule has 142 valence electrons. The van der Waals surface area contributed by atoms with Gasteiger partial charge in [0.2, 0.25) is 0 Å². The van der Waals surface area contributed by atoms with Crippen LogP contribution in [0.3, 0.4) is 0 Å². The Hall–Kier alpha value is -3.01. The highest BCUT2D eigenvalue weighted by Crippen LogP contribution is 2.36. The molecule has 2 aromatic rings. The Bertz CT molecular complexity index is 835. The second kappa shape index (κ2) is 9.62. The van der Waals surface area contributed by atoms with Crippen LogP contribution in [0.25, 0.3) is 6.08 Å². The van der Waals surface area contributed by atoms with Gasteiger partial charge in [-0.15, -0.1) is 6.58 Å². The van der Waals surface area contributed by atoms with Crippen LogP contribution in [0.1, 0.15) is 46.8 Å².